The fourth-order valence-corrected chi connectivity index (χ4v) is 2.52. The summed E-state index contributed by atoms with van der Waals surface area (Å²) in [7, 11) is 0. The third-order valence-electron chi connectivity index (χ3n) is 2.85. The smallest absolute Gasteiger partial charge is 0.346 e. The molecule has 0 aliphatic heterocycles. The Bertz CT molecular complexity index is 735. The Labute approximate surface area is 153 Å². The van der Waals surface area contributed by atoms with Gasteiger partial charge in [-0.25, -0.2) is 0 Å². The molecule has 2 aromatic rings. The number of amides is 1. The molecule has 0 aliphatic carbocycles. The van der Waals surface area contributed by atoms with Crippen molar-refractivity contribution in [3.05, 3.63) is 62.4 Å². The SMILES string of the molecule is FF.O=C(NCc1ncc(C(F)(F)F)cc1Cl)c1c(Cl)cccc1Cl. The molecule has 1 heterocycles. The van der Waals surface area contributed by atoms with Crippen LogP contribution >= 0.6 is 34.8 Å². The number of pyridine rings is 1. The number of aromatic nitrogens is 1. The summed E-state index contributed by atoms with van der Waals surface area (Å²) in [5.41, 5.74) is -0.804. The van der Waals surface area contributed by atoms with Crippen LogP contribution in [0.2, 0.25) is 15.1 Å². The number of nitrogens with zero attached hydrogens (tertiary/aromatic N) is 1. The molecule has 1 amide bonds. The van der Waals surface area contributed by atoms with E-state index in [4.69, 9.17) is 44.0 Å². The van der Waals surface area contributed by atoms with Gasteiger partial charge >= 0.3 is 6.18 Å². The lowest BCUT2D eigenvalue weighted by Gasteiger charge is -2.11. The molecule has 0 aliphatic rings. The molecule has 0 radical (unpaired) electrons. The monoisotopic (exact) mass is 420 g/mol. The Morgan fingerprint density at radius 3 is 2.12 bits per heavy atom. The molecule has 3 nitrogen and oxygen atoms in total. The summed E-state index contributed by atoms with van der Waals surface area (Å²) in [6.07, 6.45) is -3.89. The lowest BCUT2D eigenvalue weighted by molar-refractivity contribution is -0.137. The Morgan fingerprint density at radius 2 is 1.64 bits per heavy atom. The van der Waals surface area contributed by atoms with E-state index in [1.807, 2.05) is 0 Å². The van der Waals surface area contributed by atoms with E-state index in [1.54, 1.807) is 6.07 Å². The van der Waals surface area contributed by atoms with Crippen molar-refractivity contribution in [3.8, 4) is 0 Å². The summed E-state index contributed by atoms with van der Waals surface area (Å²) in [6, 6.07) is 5.31. The molecule has 0 unspecified atom stereocenters. The first-order valence-corrected chi connectivity index (χ1v) is 7.41. The summed E-state index contributed by atoms with van der Waals surface area (Å²) < 4.78 is 53.6. The number of carbonyl (C=O) groups is 1. The van der Waals surface area contributed by atoms with Gasteiger partial charge in [0.15, 0.2) is 0 Å². The molecule has 0 spiro atoms. The van der Waals surface area contributed by atoms with Crippen molar-refractivity contribution in [1.82, 2.24) is 10.3 Å². The molecule has 2 rings (SSSR count). The van der Waals surface area contributed by atoms with E-state index >= 15 is 0 Å². The number of nitrogens with one attached hydrogen (secondary N) is 1. The van der Waals surface area contributed by atoms with Crippen molar-refractivity contribution < 1.29 is 27.1 Å². The minimum atomic E-state index is -4.54. The Balaban J connectivity index is 0.00000151. The summed E-state index contributed by atoms with van der Waals surface area (Å²) >= 11 is 17.6. The van der Waals surface area contributed by atoms with Crippen LogP contribution in [0.3, 0.4) is 0 Å². The van der Waals surface area contributed by atoms with Crippen LogP contribution in [-0.2, 0) is 12.7 Å². The third kappa shape index (κ3) is 5.69. The van der Waals surface area contributed by atoms with Gasteiger partial charge in [-0.2, -0.15) is 13.2 Å². The van der Waals surface area contributed by atoms with Crippen LogP contribution < -0.4 is 5.32 Å². The van der Waals surface area contributed by atoms with Gasteiger partial charge in [0.25, 0.3) is 5.91 Å². The van der Waals surface area contributed by atoms with Crippen LogP contribution in [0, 0.1) is 0 Å². The van der Waals surface area contributed by atoms with Gasteiger partial charge in [-0.3, -0.25) is 9.78 Å². The number of carbonyl (C=O) groups excluding carboxylic acids is 1. The number of hydrogen-bond donors (Lipinski definition) is 1. The average molecular weight is 422 g/mol. The predicted octanol–water partition coefficient (Wildman–Crippen LogP) is 5.83. The second kappa shape index (κ2) is 9.17. The normalized spacial score (nSPS) is 10.7. The molecule has 136 valence electrons. The van der Waals surface area contributed by atoms with E-state index in [0.717, 1.165) is 6.07 Å². The molecule has 0 fully saturated rings. The summed E-state index contributed by atoms with van der Waals surface area (Å²) in [5, 5.41) is 2.56. The Morgan fingerprint density at radius 1 is 1.08 bits per heavy atom. The first-order valence-electron chi connectivity index (χ1n) is 6.28. The lowest BCUT2D eigenvalue weighted by Crippen LogP contribution is -2.24. The summed E-state index contributed by atoms with van der Waals surface area (Å²) in [5.74, 6) is -0.585. The number of hydrogen-bond acceptors (Lipinski definition) is 2. The quantitative estimate of drug-likeness (QED) is 0.634. The van der Waals surface area contributed by atoms with Crippen LogP contribution in [0.4, 0.5) is 22.3 Å². The van der Waals surface area contributed by atoms with Gasteiger partial charge in [0.05, 0.1) is 38.4 Å². The second-order valence-corrected chi connectivity index (χ2v) is 5.65. The standard InChI is InChI=1S/C14H8Cl3F3N2O.F2/c15-8-2-1-3-9(16)12(8)13(23)22-6-11-10(17)4-7(5-21-11)14(18,19)20;1-2/h1-5H,6H2,(H,22,23);. The lowest BCUT2D eigenvalue weighted by atomic mass is 10.2. The highest BCUT2D eigenvalue weighted by atomic mass is 35.5. The molecule has 0 saturated carbocycles. The summed E-state index contributed by atoms with van der Waals surface area (Å²) in [6.45, 7) is -0.169. The van der Waals surface area contributed by atoms with Gasteiger partial charge in [-0.15, -0.1) is 0 Å². The molecule has 0 saturated heterocycles. The highest BCUT2D eigenvalue weighted by Crippen LogP contribution is 2.31. The van der Waals surface area contributed by atoms with Gasteiger partial charge in [0.1, 0.15) is 0 Å². The van der Waals surface area contributed by atoms with Crippen molar-refractivity contribution in [3.63, 3.8) is 0 Å². The fourth-order valence-electron chi connectivity index (χ4n) is 1.72. The maximum absolute atomic E-state index is 12.5. The molecule has 0 bridgehead atoms. The highest BCUT2D eigenvalue weighted by molar-refractivity contribution is 6.39. The average Bonchev–Trinajstić information content (AvgIpc) is 2.54. The van der Waals surface area contributed by atoms with Gasteiger partial charge in [0.2, 0.25) is 0 Å². The third-order valence-corrected chi connectivity index (χ3v) is 3.81. The maximum atomic E-state index is 12.5. The van der Waals surface area contributed by atoms with Crippen LogP contribution in [0.5, 0.6) is 0 Å². The van der Waals surface area contributed by atoms with Crippen molar-refractivity contribution in [2.75, 3.05) is 0 Å². The van der Waals surface area contributed by atoms with Crippen molar-refractivity contribution in [2.24, 2.45) is 0 Å². The Kier molecular flexibility index (Phi) is 7.85. The highest BCUT2D eigenvalue weighted by Gasteiger charge is 2.31. The summed E-state index contributed by atoms with van der Waals surface area (Å²) in [4.78, 5) is 15.7. The molecule has 11 heteroatoms. The van der Waals surface area contributed by atoms with E-state index < -0.39 is 17.6 Å². The van der Waals surface area contributed by atoms with Gasteiger partial charge in [-0.1, -0.05) is 40.9 Å². The fraction of sp³-hybridized carbons (Fsp3) is 0.143. The van der Waals surface area contributed by atoms with E-state index in [1.165, 1.54) is 12.1 Å². The zero-order valence-corrected chi connectivity index (χ0v) is 14.2. The zero-order valence-electron chi connectivity index (χ0n) is 12.0. The first kappa shape index (κ1) is 21.4. The topological polar surface area (TPSA) is 42.0 Å². The van der Waals surface area contributed by atoms with Gasteiger partial charge in [0, 0.05) is 15.3 Å². The first-order chi connectivity index (χ1) is 11.7. The molecular formula is C14H8Cl3F5N2O. The molecule has 1 N–H and O–H groups in total. The predicted molar refractivity (Wildman–Crippen MR) is 84.1 cm³/mol. The minimum Gasteiger partial charge on any atom is -0.346 e. The van der Waals surface area contributed by atoms with E-state index in [-0.39, 0.29) is 32.9 Å². The second-order valence-electron chi connectivity index (χ2n) is 4.43. The van der Waals surface area contributed by atoms with E-state index in [9.17, 15) is 18.0 Å². The Hall–Kier alpha value is -1.64. The molecule has 25 heavy (non-hydrogen) atoms. The van der Waals surface area contributed by atoms with Crippen molar-refractivity contribution >= 4 is 40.7 Å². The van der Waals surface area contributed by atoms with Gasteiger partial charge < -0.3 is 5.32 Å². The van der Waals surface area contributed by atoms with E-state index in [0.29, 0.717) is 6.20 Å². The van der Waals surface area contributed by atoms with Crippen LogP contribution in [-0.4, -0.2) is 10.9 Å². The number of alkyl halides is 3. The zero-order chi connectivity index (χ0) is 19.2. The number of halogens is 8. The largest absolute Gasteiger partial charge is 0.417 e. The minimum absolute atomic E-state index is 0.0684. The van der Waals surface area contributed by atoms with Gasteiger partial charge in [-0.05, 0) is 18.2 Å². The van der Waals surface area contributed by atoms with Crippen LogP contribution in [0.25, 0.3) is 0 Å². The number of benzene rings is 1. The molecule has 0 atom stereocenters. The number of rotatable bonds is 3. The van der Waals surface area contributed by atoms with Crippen LogP contribution in [0.1, 0.15) is 21.6 Å². The molecule has 1 aromatic heterocycles. The van der Waals surface area contributed by atoms with Crippen molar-refractivity contribution in [2.45, 2.75) is 12.7 Å². The maximum Gasteiger partial charge on any atom is 0.417 e. The molecular weight excluding hydrogens is 414 g/mol. The van der Waals surface area contributed by atoms with E-state index in [2.05, 4.69) is 10.3 Å². The van der Waals surface area contributed by atoms with Crippen LogP contribution in [0.15, 0.2) is 30.5 Å². The molecule has 1 aromatic carbocycles. The van der Waals surface area contributed by atoms with Crippen molar-refractivity contribution in [1.29, 1.82) is 0 Å².